The first-order chi connectivity index (χ1) is 15.5. The van der Waals surface area contributed by atoms with Gasteiger partial charge in [0.1, 0.15) is 5.69 Å². The van der Waals surface area contributed by atoms with E-state index in [-0.39, 0.29) is 30.0 Å². The molecule has 0 saturated heterocycles. The minimum Gasteiger partial charge on any atom is -0.493 e. The summed E-state index contributed by atoms with van der Waals surface area (Å²) in [4.78, 5) is 27.4. The van der Waals surface area contributed by atoms with E-state index in [0.29, 0.717) is 36.0 Å². The van der Waals surface area contributed by atoms with Crippen LogP contribution in [0.1, 0.15) is 36.6 Å². The molecule has 0 unspecified atom stereocenters. The molecule has 0 radical (unpaired) electrons. The summed E-state index contributed by atoms with van der Waals surface area (Å²) < 4.78 is 11.0. The van der Waals surface area contributed by atoms with Gasteiger partial charge in [-0.1, -0.05) is 36.8 Å². The Balaban J connectivity index is 1.61. The summed E-state index contributed by atoms with van der Waals surface area (Å²) in [6, 6.07) is 13.2. The van der Waals surface area contributed by atoms with E-state index >= 15 is 0 Å². The highest BCUT2D eigenvalue weighted by molar-refractivity contribution is 5.76. The number of aromatic nitrogens is 3. The summed E-state index contributed by atoms with van der Waals surface area (Å²) in [5, 5.41) is 11.0. The van der Waals surface area contributed by atoms with Gasteiger partial charge >= 0.3 is 0 Å². The Morgan fingerprint density at radius 1 is 1.12 bits per heavy atom. The monoisotopic (exact) mass is 436 g/mol. The fourth-order valence-electron chi connectivity index (χ4n) is 3.14. The van der Waals surface area contributed by atoms with Gasteiger partial charge in [0, 0.05) is 24.9 Å². The fourth-order valence-corrected chi connectivity index (χ4v) is 3.14. The number of carbonyl (C=O) groups is 1. The molecule has 2 aromatic carbocycles. The molecule has 0 bridgehead atoms. The minimum absolute atomic E-state index is 0.149. The zero-order valence-corrected chi connectivity index (χ0v) is 18.6. The fraction of sp³-hybridized carbons (Fsp3) is 0.333. The van der Waals surface area contributed by atoms with Crippen molar-refractivity contribution in [1.82, 2.24) is 20.5 Å². The molecule has 0 spiro atoms. The predicted molar refractivity (Wildman–Crippen MR) is 122 cm³/mol. The molecule has 0 saturated carbocycles. The number of nitrogens with zero attached hydrogens (tertiary/aromatic N) is 2. The van der Waals surface area contributed by atoms with Crippen LogP contribution in [0.2, 0.25) is 0 Å². The molecule has 1 amide bonds. The lowest BCUT2D eigenvalue weighted by Gasteiger charge is -2.11. The van der Waals surface area contributed by atoms with Crippen molar-refractivity contribution in [3.8, 4) is 22.9 Å². The lowest BCUT2D eigenvalue weighted by Crippen LogP contribution is -2.25. The van der Waals surface area contributed by atoms with Crippen LogP contribution in [0.4, 0.5) is 0 Å². The van der Waals surface area contributed by atoms with Crippen molar-refractivity contribution in [2.75, 3.05) is 13.7 Å². The number of carbonyl (C=O) groups excluding carboxylic acids is 1. The average Bonchev–Trinajstić information content (AvgIpc) is 2.80. The summed E-state index contributed by atoms with van der Waals surface area (Å²) in [6.45, 7) is 5.06. The van der Waals surface area contributed by atoms with Crippen LogP contribution < -0.4 is 20.3 Å². The number of H-pyrrole nitrogens is 1. The molecular weight excluding hydrogens is 408 g/mol. The molecule has 0 aliphatic rings. The number of nitrogens with one attached hydrogen (secondary N) is 2. The topological polar surface area (TPSA) is 106 Å². The number of methoxy groups -OCH3 is 1. The van der Waals surface area contributed by atoms with Crippen LogP contribution in [-0.4, -0.2) is 34.8 Å². The third-order valence-electron chi connectivity index (χ3n) is 4.82. The van der Waals surface area contributed by atoms with Gasteiger partial charge < -0.3 is 19.8 Å². The van der Waals surface area contributed by atoms with E-state index in [1.807, 2.05) is 38.1 Å². The van der Waals surface area contributed by atoms with Crippen molar-refractivity contribution in [1.29, 1.82) is 0 Å². The molecule has 3 rings (SSSR count). The van der Waals surface area contributed by atoms with Gasteiger partial charge in [-0.3, -0.25) is 9.59 Å². The molecule has 3 aromatic rings. The Morgan fingerprint density at radius 2 is 1.97 bits per heavy atom. The molecule has 0 atom stereocenters. The molecular formula is C24H28N4O4. The number of amides is 1. The third-order valence-corrected chi connectivity index (χ3v) is 4.82. The van der Waals surface area contributed by atoms with E-state index in [1.165, 1.54) is 0 Å². The number of aromatic amines is 1. The number of aryl methyl sites for hydroxylation is 2. The minimum atomic E-state index is -0.369. The van der Waals surface area contributed by atoms with Crippen LogP contribution in [0, 0.1) is 6.92 Å². The van der Waals surface area contributed by atoms with Crippen LogP contribution in [0.15, 0.2) is 47.3 Å². The number of rotatable bonds is 10. The van der Waals surface area contributed by atoms with Crippen LogP contribution >= 0.6 is 0 Å². The zero-order valence-electron chi connectivity index (χ0n) is 18.6. The predicted octanol–water partition coefficient (Wildman–Crippen LogP) is 3.19. The highest BCUT2D eigenvalue weighted by atomic mass is 16.5. The Kier molecular flexibility index (Phi) is 7.96. The van der Waals surface area contributed by atoms with Gasteiger partial charge in [-0.05, 0) is 37.1 Å². The second-order valence-corrected chi connectivity index (χ2v) is 7.43. The highest BCUT2D eigenvalue weighted by Gasteiger charge is 2.12. The molecule has 8 heteroatoms. The van der Waals surface area contributed by atoms with E-state index in [2.05, 4.69) is 20.5 Å². The number of ether oxygens (including phenoxy) is 2. The number of hydrogen-bond donors (Lipinski definition) is 2. The average molecular weight is 437 g/mol. The van der Waals surface area contributed by atoms with Crippen molar-refractivity contribution in [3.63, 3.8) is 0 Å². The van der Waals surface area contributed by atoms with Crippen molar-refractivity contribution >= 4 is 5.91 Å². The van der Waals surface area contributed by atoms with E-state index < -0.39 is 0 Å². The number of benzene rings is 2. The molecule has 168 valence electrons. The van der Waals surface area contributed by atoms with Crippen LogP contribution in [-0.2, 0) is 17.8 Å². The lowest BCUT2D eigenvalue weighted by atomic mass is 10.1. The van der Waals surface area contributed by atoms with Gasteiger partial charge in [-0.15, -0.1) is 10.2 Å². The van der Waals surface area contributed by atoms with Crippen LogP contribution in [0.3, 0.4) is 0 Å². The second kappa shape index (κ2) is 11.1. The molecule has 2 N–H and O–H groups in total. The van der Waals surface area contributed by atoms with Crippen LogP contribution in [0.5, 0.6) is 11.5 Å². The van der Waals surface area contributed by atoms with Crippen molar-refractivity contribution in [2.24, 2.45) is 0 Å². The number of hydrogen-bond acceptors (Lipinski definition) is 6. The first-order valence-electron chi connectivity index (χ1n) is 10.6. The first kappa shape index (κ1) is 23.0. The van der Waals surface area contributed by atoms with Gasteiger partial charge in [-0.2, -0.15) is 0 Å². The van der Waals surface area contributed by atoms with Gasteiger partial charge in [0.25, 0.3) is 5.56 Å². The maximum atomic E-state index is 12.5. The van der Waals surface area contributed by atoms with E-state index in [9.17, 15) is 9.59 Å². The van der Waals surface area contributed by atoms with E-state index in [1.54, 1.807) is 25.3 Å². The van der Waals surface area contributed by atoms with Crippen LogP contribution in [0.25, 0.3) is 11.4 Å². The van der Waals surface area contributed by atoms with Crippen molar-refractivity contribution < 1.29 is 14.3 Å². The van der Waals surface area contributed by atoms with E-state index in [4.69, 9.17) is 9.47 Å². The summed E-state index contributed by atoms with van der Waals surface area (Å²) in [7, 11) is 1.56. The Morgan fingerprint density at radius 3 is 2.69 bits per heavy atom. The van der Waals surface area contributed by atoms with Gasteiger partial charge in [0.2, 0.25) is 5.91 Å². The molecule has 0 aliphatic heterocycles. The molecule has 1 heterocycles. The first-order valence-corrected chi connectivity index (χ1v) is 10.6. The molecule has 1 aromatic heterocycles. The second-order valence-electron chi connectivity index (χ2n) is 7.43. The van der Waals surface area contributed by atoms with Gasteiger partial charge in [0.05, 0.1) is 13.7 Å². The maximum absolute atomic E-state index is 12.5. The Labute approximate surface area is 187 Å². The third kappa shape index (κ3) is 6.16. The molecule has 0 aliphatic carbocycles. The molecule has 0 fully saturated rings. The zero-order chi connectivity index (χ0) is 22.9. The maximum Gasteiger partial charge on any atom is 0.273 e. The van der Waals surface area contributed by atoms with Gasteiger partial charge in [-0.25, -0.2) is 0 Å². The standard InChI is InChI=1S/C24H28N4O4/c1-4-12-32-20-10-8-18(14-21(20)31-3)23-26-24(30)19(27-28-23)9-11-22(29)25-15-17-7-5-6-16(2)13-17/h5-8,10,13-14H,4,9,11-12,15H2,1-3H3,(H,25,29)(H,26,28,30). The lowest BCUT2D eigenvalue weighted by molar-refractivity contribution is -0.121. The van der Waals surface area contributed by atoms with Crippen molar-refractivity contribution in [2.45, 2.75) is 39.7 Å². The Bertz CT molecular complexity index is 1130. The molecule has 32 heavy (non-hydrogen) atoms. The Hall–Kier alpha value is -3.68. The van der Waals surface area contributed by atoms with Crippen molar-refractivity contribution in [3.05, 3.63) is 69.6 Å². The normalized spacial score (nSPS) is 10.6. The summed E-state index contributed by atoms with van der Waals surface area (Å²) in [6.07, 6.45) is 1.24. The SMILES string of the molecule is CCCOc1ccc(-c2nnc(CCC(=O)NCc3cccc(C)c3)c(=O)[nH]2)cc1OC. The van der Waals surface area contributed by atoms with E-state index in [0.717, 1.165) is 17.5 Å². The summed E-state index contributed by atoms with van der Waals surface area (Å²) >= 11 is 0. The quantitative estimate of drug-likeness (QED) is 0.506. The molecule has 8 nitrogen and oxygen atoms in total. The smallest absolute Gasteiger partial charge is 0.273 e. The largest absolute Gasteiger partial charge is 0.493 e. The summed E-state index contributed by atoms with van der Waals surface area (Å²) in [5.41, 5.74) is 2.67. The van der Waals surface area contributed by atoms with Gasteiger partial charge in [0.15, 0.2) is 17.3 Å². The highest BCUT2D eigenvalue weighted by Crippen LogP contribution is 2.31. The summed E-state index contributed by atoms with van der Waals surface area (Å²) in [5.74, 6) is 1.35.